The number of halogens is 3. The van der Waals surface area contributed by atoms with Crippen LogP contribution in [0, 0.1) is 5.92 Å². The summed E-state index contributed by atoms with van der Waals surface area (Å²) in [7, 11) is 0. The van der Waals surface area contributed by atoms with Gasteiger partial charge in [0.2, 0.25) is 0 Å². The number of para-hydroxylation sites is 1. The normalized spacial score (nSPS) is 39.6. The topological polar surface area (TPSA) is 67.9 Å². The Morgan fingerprint density at radius 1 is 1.39 bits per heavy atom. The van der Waals surface area contributed by atoms with E-state index in [1.165, 1.54) is 0 Å². The predicted octanol–water partition coefficient (Wildman–Crippen LogP) is 3.32. The second kappa shape index (κ2) is 5.91. The molecule has 1 N–H and O–H groups in total. The highest BCUT2D eigenvalue weighted by atomic mass is 35.5. The van der Waals surface area contributed by atoms with Gasteiger partial charge < -0.3 is 14.8 Å². The monoisotopic (exact) mass is 444 g/mol. The Kier molecular flexibility index (Phi) is 3.97. The van der Waals surface area contributed by atoms with Gasteiger partial charge in [-0.1, -0.05) is 41.4 Å². The summed E-state index contributed by atoms with van der Waals surface area (Å²) in [5, 5.41) is 2.31. The van der Waals surface area contributed by atoms with Crippen LogP contribution >= 0.6 is 34.8 Å². The quantitative estimate of drug-likeness (QED) is 0.674. The number of alkyl halides is 3. The van der Waals surface area contributed by atoms with Gasteiger partial charge in [0, 0.05) is 5.92 Å². The summed E-state index contributed by atoms with van der Waals surface area (Å²) in [6.45, 7) is 2.36. The highest BCUT2D eigenvalue weighted by Crippen LogP contribution is 2.68. The first kappa shape index (κ1) is 18.8. The maximum atomic E-state index is 13.1. The molecule has 3 fully saturated rings. The van der Waals surface area contributed by atoms with Crippen molar-refractivity contribution in [2.75, 3.05) is 18.1 Å². The zero-order valence-corrected chi connectivity index (χ0v) is 17.4. The van der Waals surface area contributed by atoms with Crippen LogP contribution in [0.2, 0.25) is 0 Å². The van der Waals surface area contributed by atoms with Gasteiger partial charge in [0.1, 0.15) is 0 Å². The van der Waals surface area contributed by atoms with Crippen molar-refractivity contribution in [1.82, 2.24) is 5.32 Å². The molecule has 150 valence electrons. The molecule has 2 bridgehead atoms. The molecule has 2 amide bonds. The first-order chi connectivity index (χ1) is 13.3. The van der Waals surface area contributed by atoms with Crippen molar-refractivity contribution in [3.63, 3.8) is 0 Å². The summed E-state index contributed by atoms with van der Waals surface area (Å²) in [4.78, 5) is 27.3. The van der Waals surface area contributed by atoms with E-state index >= 15 is 0 Å². The van der Waals surface area contributed by atoms with Crippen LogP contribution in [0.5, 0.6) is 0 Å². The number of piperidine rings is 1. The molecule has 0 unspecified atom stereocenters. The van der Waals surface area contributed by atoms with Crippen molar-refractivity contribution in [3.05, 3.63) is 29.8 Å². The molecule has 0 radical (unpaired) electrons. The molecule has 1 saturated carbocycles. The van der Waals surface area contributed by atoms with Gasteiger partial charge in [-0.15, -0.1) is 11.6 Å². The smallest absolute Gasteiger partial charge is 0.416 e. The summed E-state index contributed by atoms with van der Waals surface area (Å²) in [5.41, 5.74) is -0.349. The lowest BCUT2D eigenvalue weighted by molar-refractivity contribution is -0.140. The van der Waals surface area contributed by atoms with Gasteiger partial charge in [0.15, 0.2) is 10.1 Å². The largest absolute Gasteiger partial charge is 0.449 e. The van der Waals surface area contributed by atoms with Crippen molar-refractivity contribution >= 4 is 52.5 Å². The average Bonchev–Trinajstić information content (AvgIpc) is 3.16. The zero-order valence-electron chi connectivity index (χ0n) is 15.1. The first-order valence-electron chi connectivity index (χ1n) is 9.35. The number of hydrogen-bond donors (Lipinski definition) is 1. The van der Waals surface area contributed by atoms with Gasteiger partial charge in [0.25, 0.3) is 5.91 Å². The Hall–Kier alpha value is -1.21. The van der Waals surface area contributed by atoms with Gasteiger partial charge in [-0.05, 0) is 31.4 Å². The molecule has 3 heterocycles. The van der Waals surface area contributed by atoms with Crippen molar-refractivity contribution < 1.29 is 19.1 Å². The fourth-order valence-electron chi connectivity index (χ4n) is 5.75. The van der Waals surface area contributed by atoms with Gasteiger partial charge in [-0.3, -0.25) is 4.79 Å². The summed E-state index contributed by atoms with van der Waals surface area (Å²) in [6.07, 6.45) is 0.461. The van der Waals surface area contributed by atoms with Crippen LogP contribution in [0.1, 0.15) is 25.3 Å². The second-order valence-corrected chi connectivity index (χ2v) is 9.57. The Bertz CT molecular complexity index is 880. The van der Waals surface area contributed by atoms with Crippen LogP contribution in [0.4, 0.5) is 10.5 Å². The third-order valence-corrected chi connectivity index (χ3v) is 8.31. The third kappa shape index (κ3) is 1.91. The number of amides is 2. The lowest BCUT2D eigenvalue weighted by Crippen LogP contribution is -2.79. The van der Waals surface area contributed by atoms with Crippen LogP contribution in [0.25, 0.3) is 0 Å². The summed E-state index contributed by atoms with van der Waals surface area (Å²) in [5.74, 6) is -0.998. The molecule has 0 spiro atoms. The maximum Gasteiger partial charge on any atom is 0.416 e. The minimum Gasteiger partial charge on any atom is -0.449 e. The maximum absolute atomic E-state index is 13.1. The van der Waals surface area contributed by atoms with E-state index < -0.39 is 44.8 Å². The highest BCUT2D eigenvalue weighted by molar-refractivity contribution is 6.58. The van der Waals surface area contributed by atoms with Crippen LogP contribution in [0.3, 0.4) is 0 Å². The van der Waals surface area contributed by atoms with Crippen molar-refractivity contribution in [3.8, 4) is 0 Å². The Labute approximate surface area is 177 Å². The average molecular weight is 446 g/mol. The number of nitrogens with zero attached hydrogens (tertiary/aromatic N) is 1. The van der Waals surface area contributed by atoms with E-state index in [0.29, 0.717) is 25.1 Å². The van der Waals surface area contributed by atoms with Gasteiger partial charge >= 0.3 is 6.09 Å². The molecule has 6 nitrogen and oxygen atoms in total. The molecule has 4 aliphatic rings. The second-order valence-electron chi connectivity index (χ2n) is 7.71. The molecule has 1 aliphatic carbocycles. The summed E-state index contributed by atoms with van der Waals surface area (Å²) >= 11 is 20.0. The molecule has 1 aromatic rings. The first-order valence-corrected chi connectivity index (χ1v) is 10.5. The Morgan fingerprint density at radius 3 is 2.89 bits per heavy atom. The lowest BCUT2D eigenvalue weighted by atomic mass is 9.57. The minimum absolute atomic E-state index is 0.219. The van der Waals surface area contributed by atoms with E-state index in [2.05, 4.69) is 5.32 Å². The van der Waals surface area contributed by atoms with Gasteiger partial charge in [-0.2, -0.15) is 0 Å². The molecule has 28 heavy (non-hydrogen) atoms. The molecule has 5 atom stereocenters. The predicted molar refractivity (Wildman–Crippen MR) is 105 cm³/mol. The van der Waals surface area contributed by atoms with Crippen molar-refractivity contribution in [1.29, 1.82) is 0 Å². The van der Waals surface area contributed by atoms with Gasteiger partial charge in [-0.25, -0.2) is 9.69 Å². The summed E-state index contributed by atoms with van der Waals surface area (Å²) < 4.78 is 10.1. The highest BCUT2D eigenvalue weighted by Gasteiger charge is 2.79. The van der Waals surface area contributed by atoms with Crippen molar-refractivity contribution in [2.24, 2.45) is 5.92 Å². The number of benzene rings is 1. The fraction of sp³-hybridized carbons (Fsp3) is 0.579. The van der Waals surface area contributed by atoms with Crippen LogP contribution in [0.15, 0.2) is 24.3 Å². The van der Waals surface area contributed by atoms with E-state index in [-0.39, 0.29) is 6.61 Å². The number of ether oxygens (including phenoxy) is 2. The van der Waals surface area contributed by atoms with E-state index in [4.69, 9.17) is 44.3 Å². The fourth-order valence-corrected chi connectivity index (χ4v) is 7.10. The van der Waals surface area contributed by atoms with E-state index in [0.717, 1.165) is 5.56 Å². The van der Waals surface area contributed by atoms with E-state index in [9.17, 15) is 9.59 Å². The van der Waals surface area contributed by atoms with Crippen LogP contribution < -0.4 is 10.2 Å². The molecule has 5 rings (SSSR count). The minimum atomic E-state index is -1.64. The number of nitrogens with one attached hydrogen (secondary N) is 1. The van der Waals surface area contributed by atoms with Crippen LogP contribution in [-0.2, 0) is 19.7 Å². The number of hydrogen-bond acceptors (Lipinski definition) is 4. The van der Waals surface area contributed by atoms with Crippen LogP contribution in [-0.4, -0.2) is 46.7 Å². The summed E-state index contributed by atoms with van der Waals surface area (Å²) in [6, 6.07) is 7.07. The zero-order chi connectivity index (χ0) is 19.9. The van der Waals surface area contributed by atoms with E-state index in [1.807, 2.05) is 24.3 Å². The van der Waals surface area contributed by atoms with E-state index in [1.54, 1.807) is 11.8 Å². The molecule has 1 aromatic carbocycles. The van der Waals surface area contributed by atoms with Gasteiger partial charge in [0.05, 0.1) is 35.7 Å². The number of carbonyl (C=O) groups excluding carboxylic acids is 2. The molecular formula is C19H19Cl3N2O4. The Morgan fingerprint density at radius 2 is 2.14 bits per heavy atom. The van der Waals surface area contributed by atoms with Crippen molar-refractivity contribution in [2.45, 2.75) is 46.7 Å². The molecule has 9 heteroatoms. The number of fused-ring (bicyclic) bond motifs is 3. The molecular weight excluding hydrogens is 427 g/mol. The number of carbonyl (C=O) groups is 2. The molecule has 3 aliphatic heterocycles. The number of anilines is 1. The molecule has 2 saturated heterocycles. The lowest BCUT2D eigenvalue weighted by Gasteiger charge is -2.59. The SMILES string of the molecule is CCOC(=O)N1c2ccccc2[C@]23CCO[C@]12[C@@H]1C[C@H]([C@@H]3Cl)C(Cl)(Cl)C(=O)N1. The molecule has 0 aromatic heterocycles. The standard InChI is InChI=1S/C19H19Cl3N2O4/c1-2-27-16(26)24-12-6-4-3-5-10(12)17-7-8-28-19(17,24)13-9-11(14(17)20)18(21,22)15(25)23-13/h3-6,11,13-14H,2,7-9H2,1H3,(H,23,25)/t11-,13+,14+,17+,19+/m1/s1. The number of rotatable bonds is 1. The Balaban J connectivity index is 1.79. The third-order valence-electron chi connectivity index (χ3n) is 6.73.